The van der Waals surface area contributed by atoms with Crippen LogP contribution in [0.2, 0.25) is 0 Å². The van der Waals surface area contributed by atoms with Crippen LogP contribution in [0.25, 0.3) is 0 Å². The normalized spacial score (nSPS) is 12.6. The van der Waals surface area contributed by atoms with Gasteiger partial charge in [-0.15, -0.1) is 0 Å². The Morgan fingerprint density at radius 3 is 0.986 bits per heavy atom. The quantitative estimate of drug-likeness (QED) is 0.0320. The van der Waals surface area contributed by atoms with Gasteiger partial charge >= 0.3 is 5.97 Å². The number of nitrogens with one attached hydrogen (secondary N) is 1. The average Bonchev–Trinajstić information content (AvgIpc) is 3.38. The standard InChI is InChI=1S/C66H129NO5/c1-3-5-7-9-11-13-15-17-18-19-20-21-22-23-24-25-26-29-32-35-38-42-46-50-54-58-64(69)63(62-68)67-65(70)59-55-51-47-43-39-36-33-30-27-28-31-34-37-41-45-49-53-57-61-72-66(71)60-56-52-48-44-40-16-14-12-10-8-6-4-2/h30,33,63-64,68-69H,3-29,31-32,34-62H2,1-2H3,(H,67,70)/b33-30-. The van der Waals surface area contributed by atoms with Gasteiger partial charge in [-0.1, -0.05) is 321 Å². The molecular weight excluding hydrogens is 887 g/mol. The van der Waals surface area contributed by atoms with Crippen LogP contribution in [0, 0.1) is 0 Å². The van der Waals surface area contributed by atoms with E-state index in [0.29, 0.717) is 25.9 Å². The molecule has 428 valence electrons. The van der Waals surface area contributed by atoms with Crippen molar-refractivity contribution in [3.05, 3.63) is 12.2 Å². The number of amides is 1. The molecule has 0 bridgehead atoms. The van der Waals surface area contributed by atoms with E-state index in [2.05, 4.69) is 31.3 Å². The number of carbonyl (C=O) groups excluding carboxylic acids is 2. The van der Waals surface area contributed by atoms with Crippen LogP contribution in [0.4, 0.5) is 0 Å². The summed E-state index contributed by atoms with van der Waals surface area (Å²) >= 11 is 0. The Hall–Kier alpha value is -1.40. The van der Waals surface area contributed by atoms with Gasteiger partial charge in [0, 0.05) is 12.8 Å². The van der Waals surface area contributed by atoms with Crippen molar-refractivity contribution < 1.29 is 24.5 Å². The van der Waals surface area contributed by atoms with Gasteiger partial charge in [-0.2, -0.15) is 0 Å². The summed E-state index contributed by atoms with van der Waals surface area (Å²) < 4.78 is 5.47. The molecule has 0 saturated carbocycles. The molecule has 2 atom stereocenters. The SMILES string of the molecule is CCCCCCCCCCCCCCCCCCCCCCCCCCCC(O)C(CO)NC(=O)CCCCCCC/C=C\CCCCCCCCCCCOC(=O)CCCCCCCCCCCCCC. The number of allylic oxidation sites excluding steroid dienone is 2. The zero-order chi connectivity index (χ0) is 52.2. The van der Waals surface area contributed by atoms with Gasteiger partial charge in [-0.25, -0.2) is 0 Å². The van der Waals surface area contributed by atoms with E-state index >= 15 is 0 Å². The summed E-state index contributed by atoms with van der Waals surface area (Å²) in [5.41, 5.74) is 0. The van der Waals surface area contributed by atoms with Crippen molar-refractivity contribution in [1.82, 2.24) is 5.32 Å². The summed E-state index contributed by atoms with van der Waals surface area (Å²) in [6.07, 6.45) is 75.2. The number of hydrogen-bond acceptors (Lipinski definition) is 5. The van der Waals surface area contributed by atoms with E-state index in [-0.39, 0.29) is 18.5 Å². The first-order valence-corrected chi connectivity index (χ1v) is 32.9. The van der Waals surface area contributed by atoms with Gasteiger partial charge < -0.3 is 20.3 Å². The molecule has 0 aliphatic heterocycles. The number of esters is 1. The van der Waals surface area contributed by atoms with Crippen LogP contribution in [-0.4, -0.2) is 47.4 Å². The molecule has 0 radical (unpaired) electrons. The first-order valence-electron chi connectivity index (χ1n) is 32.9. The topological polar surface area (TPSA) is 95.9 Å². The number of carbonyl (C=O) groups is 2. The molecule has 72 heavy (non-hydrogen) atoms. The zero-order valence-electron chi connectivity index (χ0n) is 48.9. The molecule has 0 heterocycles. The molecule has 0 aliphatic rings. The smallest absolute Gasteiger partial charge is 0.305 e. The lowest BCUT2D eigenvalue weighted by Crippen LogP contribution is -2.45. The third-order valence-corrected chi connectivity index (χ3v) is 15.6. The molecule has 0 rings (SSSR count). The molecule has 0 aromatic heterocycles. The van der Waals surface area contributed by atoms with E-state index in [9.17, 15) is 19.8 Å². The maximum Gasteiger partial charge on any atom is 0.305 e. The minimum absolute atomic E-state index is 0.00483. The van der Waals surface area contributed by atoms with Gasteiger partial charge in [0.25, 0.3) is 0 Å². The van der Waals surface area contributed by atoms with Crippen LogP contribution in [0.3, 0.4) is 0 Å². The summed E-state index contributed by atoms with van der Waals surface area (Å²) in [6, 6.07) is -0.552. The number of aliphatic hydroxyl groups is 2. The Kier molecular flexibility index (Phi) is 60.9. The van der Waals surface area contributed by atoms with Gasteiger partial charge in [-0.05, 0) is 51.4 Å². The van der Waals surface area contributed by atoms with Crippen molar-refractivity contribution in [3.8, 4) is 0 Å². The third-order valence-electron chi connectivity index (χ3n) is 15.6. The lowest BCUT2D eigenvalue weighted by Gasteiger charge is -2.22. The zero-order valence-corrected chi connectivity index (χ0v) is 48.9. The second kappa shape index (κ2) is 62.1. The maximum atomic E-state index is 12.5. The van der Waals surface area contributed by atoms with Gasteiger partial charge in [0.1, 0.15) is 0 Å². The number of aliphatic hydroxyl groups excluding tert-OH is 2. The fraction of sp³-hybridized carbons (Fsp3) is 0.939. The Labute approximate surface area is 450 Å². The number of rotatable bonds is 62. The maximum absolute atomic E-state index is 12.5. The van der Waals surface area contributed by atoms with Crippen LogP contribution in [0.1, 0.15) is 373 Å². The Balaban J connectivity index is 3.43. The van der Waals surface area contributed by atoms with Gasteiger partial charge in [0.05, 0.1) is 25.4 Å². The van der Waals surface area contributed by atoms with E-state index in [1.54, 1.807) is 0 Å². The number of unbranched alkanes of at least 4 members (excludes halogenated alkanes) is 49. The summed E-state index contributed by atoms with van der Waals surface area (Å²) in [6.45, 7) is 4.97. The summed E-state index contributed by atoms with van der Waals surface area (Å²) in [5.74, 6) is -0.0397. The van der Waals surface area contributed by atoms with E-state index < -0.39 is 12.1 Å². The minimum Gasteiger partial charge on any atom is -0.466 e. The van der Waals surface area contributed by atoms with Crippen molar-refractivity contribution in [2.75, 3.05) is 13.2 Å². The Morgan fingerprint density at radius 2 is 0.653 bits per heavy atom. The van der Waals surface area contributed by atoms with E-state index in [0.717, 1.165) is 57.8 Å². The molecule has 0 spiro atoms. The number of hydrogen-bond donors (Lipinski definition) is 3. The lowest BCUT2D eigenvalue weighted by atomic mass is 10.0. The average molecular weight is 1020 g/mol. The Bertz CT molecular complexity index is 1080. The van der Waals surface area contributed by atoms with Crippen LogP contribution in [0.15, 0.2) is 12.2 Å². The third kappa shape index (κ3) is 57.9. The second-order valence-electron chi connectivity index (χ2n) is 22.8. The molecule has 0 aromatic carbocycles. The summed E-state index contributed by atoms with van der Waals surface area (Å²) in [4.78, 5) is 24.6. The van der Waals surface area contributed by atoms with Gasteiger partial charge in [0.15, 0.2) is 0 Å². The molecule has 0 aromatic rings. The van der Waals surface area contributed by atoms with Crippen molar-refractivity contribution in [1.29, 1.82) is 0 Å². The Morgan fingerprint density at radius 1 is 0.375 bits per heavy atom. The van der Waals surface area contributed by atoms with Gasteiger partial charge in [0.2, 0.25) is 5.91 Å². The molecule has 3 N–H and O–H groups in total. The molecule has 0 aliphatic carbocycles. The summed E-state index contributed by atoms with van der Waals surface area (Å²) in [5, 5.41) is 23.4. The largest absolute Gasteiger partial charge is 0.466 e. The van der Waals surface area contributed by atoms with Gasteiger partial charge in [-0.3, -0.25) is 9.59 Å². The van der Waals surface area contributed by atoms with Crippen molar-refractivity contribution in [2.45, 2.75) is 386 Å². The van der Waals surface area contributed by atoms with Crippen LogP contribution < -0.4 is 5.32 Å². The van der Waals surface area contributed by atoms with E-state index in [1.807, 2.05) is 0 Å². The molecular formula is C66H129NO5. The molecule has 2 unspecified atom stereocenters. The monoisotopic (exact) mass is 1020 g/mol. The highest BCUT2D eigenvalue weighted by Gasteiger charge is 2.20. The highest BCUT2D eigenvalue weighted by atomic mass is 16.5. The second-order valence-corrected chi connectivity index (χ2v) is 22.8. The van der Waals surface area contributed by atoms with Crippen molar-refractivity contribution in [3.63, 3.8) is 0 Å². The predicted octanol–water partition coefficient (Wildman–Crippen LogP) is 20.8. The fourth-order valence-corrected chi connectivity index (χ4v) is 10.5. The van der Waals surface area contributed by atoms with Crippen LogP contribution in [0.5, 0.6) is 0 Å². The lowest BCUT2D eigenvalue weighted by molar-refractivity contribution is -0.143. The first kappa shape index (κ1) is 70.6. The molecule has 0 saturated heterocycles. The van der Waals surface area contributed by atoms with Crippen LogP contribution in [-0.2, 0) is 14.3 Å². The fourth-order valence-electron chi connectivity index (χ4n) is 10.5. The predicted molar refractivity (Wildman–Crippen MR) is 315 cm³/mol. The van der Waals surface area contributed by atoms with E-state index in [1.165, 1.54) is 283 Å². The van der Waals surface area contributed by atoms with Crippen molar-refractivity contribution >= 4 is 11.9 Å². The first-order chi connectivity index (χ1) is 35.5. The van der Waals surface area contributed by atoms with Crippen LogP contribution >= 0.6 is 0 Å². The number of ether oxygens (including phenoxy) is 1. The molecule has 6 heteroatoms. The molecule has 6 nitrogen and oxygen atoms in total. The summed E-state index contributed by atoms with van der Waals surface area (Å²) in [7, 11) is 0. The van der Waals surface area contributed by atoms with Crippen molar-refractivity contribution in [2.24, 2.45) is 0 Å². The minimum atomic E-state index is -0.674. The molecule has 1 amide bonds. The molecule has 0 fully saturated rings. The van der Waals surface area contributed by atoms with E-state index in [4.69, 9.17) is 4.74 Å². The highest BCUT2D eigenvalue weighted by molar-refractivity contribution is 5.76. The highest BCUT2D eigenvalue weighted by Crippen LogP contribution is 2.19.